The summed E-state index contributed by atoms with van der Waals surface area (Å²) in [5.74, 6) is 1.56. The van der Waals surface area contributed by atoms with Crippen molar-refractivity contribution in [2.75, 3.05) is 33.4 Å². The van der Waals surface area contributed by atoms with E-state index in [0.717, 1.165) is 46.4 Å². The fourth-order valence-electron chi connectivity index (χ4n) is 3.48. The number of nitrogens with zero attached hydrogens (tertiary/aromatic N) is 2. The van der Waals surface area contributed by atoms with Crippen molar-refractivity contribution in [3.05, 3.63) is 30.5 Å². The third-order valence-corrected chi connectivity index (χ3v) is 4.73. The molecule has 0 atom stereocenters. The second-order valence-electron chi connectivity index (χ2n) is 6.32. The number of likely N-dealkylation sites (tertiary alicyclic amines) is 1. The molecule has 0 radical (unpaired) electrons. The van der Waals surface area contributed by atoms with Crippen molar-refractivity contribution in [2.45, 2.75) is 19.3 Å². The van der Waals surface area contributed by atoms with Gasteiger partial charge in [0, 0.05) is 29.6 Å². The van der Waals surface area contributed by atoms with Crippen LogP contribution in [0.15, 0.2) is 30.5 Å². The van der Waals surface area contributed by atoms with E-state index in [4.69, 9.17) is 9.47 Å². The maximum atomic E-state index is 6.00. The van der Waals surface area contributed by atoms with E-state index in [1.807, 2.05) is 18.2 Å². The van der Waals surface area contributed by atoms with Crippen LogP contribution in [0.25, 0.3) is 21.9 Å². The predicted octanol–water partition coefficient (Wildman–Crippen LogP) is 4.01. The Morgan fingerprint density at radius 2 is 2.00 bits per heavy atom. The van der Waals surface area contributed by atoms with E-state index in [2.05, 4.69) is 20.9 Å². The van der Waals surface area contributed by atoms with E-state index >= 15 is 0 Å². The highest BCUT2D eigenvalue weighted by atomic mass is 35.5. The van der Waals surface area contributed by atoms with Gasteiger partial charge in [0.05, 0.1) is 19.2 Å². The Hall–Kier alpha value is -1.98. The molecule has 6 heteroatoms. The molecule has 2 aromatic heterocycles. The number of pyridine rings is 1. The maximum Gasteiger partial charge on any atom is 0.163 e. The van der Waals surface area contributed by atoms with Crippen molar-refractivity contribution in [3.63, 3.8) is 0 Å². The third-order valence-electron chi connectivity index (χ3n) is 4.73. The Morgan fingerprint density at radius 1 is 1.16 bits per heavy atom. The molecule has 134 valence electrons. The zero-order chi connectivity index (χ0) is 16.4. The van der Waals surface area contributed by atoms with Gasteiger partial charge < -0.3 is 19.4 Å². The molecule has 3 heterocycles. The third kappa shape index (κ3) is 3.67. The van der Waals surface area contributed by atoms with E-state index in [1.165, 1.54) is 25.9 Å². The molecule has 3 aromatic rings. The predicted molar refractivity (Wildman–Crippen MR) is 103 cm³/mol. The average molecular weight is 362 g/mol. The standard InChI is InChI=1S/C19H23N3O2.ClH/c1-23-17-12-15-14-6-4-7-20-19(14)21-16(15)13-18(17)24-11-5-10-22-8-2-3-9-22;/h4,6-7,12-13H,2-3,5,8-11H2,1H3,(H,20,21);1H. The first-order valence-electron chi connectivity index (χ1n) is 8.65. The highest BCUT2D eigenvalue weighted by Crippen LogP contribution is 2.35. The van der Waals surface area contributed by atoms with Gasteiger partial charge in [0.1, 0.15) is 5.65 Å². The molecule has 1 aromatic carbocycles. The molecule has 4 rings (SSSR count). The normalized spacial score (nSPS) is 14.8. The molecular weight excluding hydrogens is 338 g/mol. The number of hydrogen-bond donors (Lipinski definition) is 1. The number of fused-ring (bicyclic) bond motifs is 3. The Bertz CT molecular complexity index is 843. The molecule has 1 N–H and O–H groups in total. The van der Waals surface area contributed by atoms with Crippen LogP contribution in [0.5, 0.6) is 11.5 Å². The molecule has 0 aliphatic carbocycles. The first-order chi connectivity index (χ1) is 11.8. The number of hydrogen-bond acceptors (Lipinski definition) is 4. The van der Waals surface area contributed by atoms with Gasteiger partial charge in [0.15, 0.2) is 11.5 Å². The summed E-state index contributed by atoms with van der Waals surface area (Å²) >= 11 is 0. The smallest absolute Gasteiger partial charge is 0.163 e. The second kappa shape index (κ2) is 7.93. The lowest BCUT2D eigenvalue weighted by atomic mass is 10.2. The Morgan fingerprint density at radius 3 is 2.80 bits per heavy atom. The maximum absolute atomic E-state index is 6.00. The quantitative estimate of drug-likeness (QED) is 0.674. The molecule has 0 saturated carbocycles. The van der Waals surface area contributed by atoms with E-state index in [-0.39, 0.29) is 12.4 Å². The molecule has 1 saturated heterocycles. The summed E-state index contributed by atoms with van der Waals surface area (Å²) in [5, 5.41) is 2.21. The number of benzene rings is 1. The minimum atomic E-state index is 0. The highest BCUT2D eigenvalue weighted by Gasteiger charge is 2.13. The molecule has 1 fully saturated rings. The summed E-state index contributed by atoms with van der Waals surface area (Å²) in [5.41, 5.74) is 1.92. The number of aromatic nitrogens is 2. The van der Waals surface area contributed by atoms with Crippen molar-refractivity contribution in [1.29, 1.82) is 0 Å². The summed E-state index contributed by atoms with van der Waals surface area (Å²) < 4.78 is 11.5. The van der Waals surface area contributed by atoms with Crippen LogP contribution < -0.4 is 9.47 Å². The Labute approximate surface area is 153 Å². The second-order valence-corrected chi connectivity index (χ2v) is 6.32. The van der Waals surface area contributed by atoms with Crippen molar-refractivity contribution < 1.29 is 9.47 Å². The van der Waals surface area contributed by atoms with Crippen LogP contribution in [-0.4, -0.2) is 48.2 Å². The number of methoxy groups -OCH3 is 1. The zero-order valence-corrected chi connectivity index (χ0v) is 15.3. The van der Waals surface area contributed by atoms with Gasteiger partial charge in [-0.05, 0) is 50.6 Å². The van der Waals surface area contributed by atoms with Gasteiger partial charge in [-0.3, -0.25) is 0 Å². The van der Waals surface area contributed by atoms with Gasteiger partial charge in [-0.1, -0.05) is 0 Å². The monoisotopic (exact) mass is 361 g/mol. The van der Waals surface area contributed by atoms with E-state index < -0.39 is 0 Å². The first-order valence-corrected chi connectivity index (χ1v) is 8.65. The number of rotatable bonds is 6. The van der Waals surface area contributed by atoms with Gasteiger partial charge in [0.2, 0.25) is 0 Å². The van der Waals surface area contributed by atoms with E-state index in [0.29, 0.717) is 6.61 Å². The lowest BCUT2D eigenvalue weighted by molar-refractivity contribution is 0.254. The number of aromatic amines is 1. The number of ether oxygens (including phenoxy) is 2. The Balaban J connectivity index is 0.00000182. The topological polar surface area (TPSA) is 50.4 Å². The summed E-state index contributed by atoms with van der Waals surface area (Å²) in [6.45, 7) is 4.28. The van der Waals surface area contributed by atoms with Crippen LogP contribution in [0.4, 0.5) is 0 Å². The number of H-pyrrole nitrogens is 1. The minimum Gasteiger partial charge on any atom is -0.493 e. The van der Waals surface area contributed by atoms with Gasteiger partial charge in [0.25, 0.3) is 0 Å². The fraction of sp³-hybridized carbons (Fsp3) is 0.421. The molecule has 25 heavy (non-hydrogen) atoms. The zero-order valence-electron chi connectivity index (χ0n) is 14.5. The van der Waals surface area contributed by atoms with Crippen LogP contribution >= 0.6 is 12.4 Å². The molecule has 0 amide bonds. The molecule has 0 unspecified atom stereocenters. The SMILES string of the molecule is COc1cc2c(cc1OCCCN1CCCC1)[nH]c1ncccc12.Cl. The molecule has 5 nitrogen and oxygen atoms in total. The average Bonchev–Trinajstić information content (AvgIpc) is 3.25. The van der Waals surface area contributed by atoms with Crippen LogP contribution in [-0.2, 0) is 0 Å². The van der Waals surface area contributed by atoms with Crippen molar-refractivity contribution in [2.24, 2.45) is 0 Å². The molecular formula is C19H24ClN3O2. The Kier molecular flexibility index (Phi) is 5.66. The van der Waals surface area contributed by atoms with Gasteiger partial charge in [-0.2, -0.15) is 0 Å². The lowest BCUT2D eigenvalue weighted by Gasteiger charge is -2.15. The van der Waals surface area contributed by atoms with Gasteiger partial charge in [-0.25, -0.2) is 4.98 Å². The van der Waals surface area contributed by atoms with Crippen molar-refractivity contribution in [3.8, 4) is 11.5 Å². The summed E-state index contributed by atoms with van der Waals surface area (Å²) in [4.78, 5) is 10.2. The summed E-state index contributed by atoms with van der Waals surface area (Å²) in [7, 11) is 1.69. The van der Waals surface area contributed by atoms with Gasteiger partial charge >= 0.3 is 0 Å². The minimum absolute atomic E-state index is 0. The summed E-state index contributed by atoms with van der Waals surface area (Å²) in [6, 6.07) is 8.07. The molecule has 1 aliphatic rings. The highest BCUT2D eigenvalue weighted by molar-refractivity contribution is 6.06. The van der Waals surface area contributed by atoms with Gasteiger partial charge in [-0.15, -0.1) is 12.4 Å². The van der Waals surface area contributed by atoms with Crippen LogP contribution in [0.2, 0.25) is 0 Å². The first kappa shape index (κ1) is 17.8. The fourth-order valence-corrected chi connectivity index (χ4v) is 3.48. The summed E-state index contributed by atoms with van der Waals surface area (Å²) in [6.07, 6.45) is 5.50. The van der Waals surface area contributed by atoms with Crippen molar-refractivity contribution in [1.82, 2.24) is 14.9 Å². The largest absolute Gasteiger partial charge is 0.493 e. The van der Waals surface area contributed by atoms with Crippen LogP contribution in [0, 0.1) is 0 Å². The van der Waals surface area contributed by atoms with Crippen LogP contribution in [0.1, 0.15) is 19.3 Å². The molecule has 1 aliphatic heterocycles. The van der Waals surface area contributed by atoms with Crippen molar-refractivity contribution >= 4 is 34.3 Å². The van der Waals surface area contributed by atoms with E-state index in [1.54, 1.807) is 13.3 Å². The molecule has 0 bridgehead atoms. The lowest BCUT2D eigenvalue weighted by Crippen LogP contribution is -2.21. The number of nitrogens with one attached hydrogen (secondary N) is 1. The number of halogens is 1. The molecule has 0 spiro atoms. The van der Waals surface area contributed by atoms with E-state index in [9.17, 15) is 0 Å². The van der Waals surface area contributed by atoms with Crippen LogP contribution in [0.3, 0.4) is 0 Å².